The van der Waals surface area contributed by atoms with Crippen LogP contribution in [0.5, 0.6) is 0 Å². The minimum absolute atomic E-state index is 0.410. The number of benzene rings is 1. The molecule has 3 heteroatoms. The molecular formula is C18H29N3. The van der Waals surface area contributed by atoms with E-state index in [0.29, 0.717) is 12.1 Å². The molecule has 0 amide bonds. The van der Waals surface area contributed by atoms with Gasteiger partial charge in [-0.2, -0.15) is 0 Å². The fourth-order valence-corrected chi connectivity index (χ4v) is 3.70. The quantitative estimate of drug-likeness (QED) is 0.918. The van der Waals surface area contributed by atoms with E-state index in [4.69, 9.17) is 0 Å². The summed E-state index contributed by atoms with van der Waals surface area (Å²) in [5.41, 5.74) is 2.96. The summed E-state index contributed by atoms with van der Waals surface area (Å²) in [5, 5.41) is 3.55. The molecule has 1 aromatic carbocycles. The predicted molar refractivity (Wildman–Crippen MR) is 88.7 cm³/mol. The van der Waals surface area contributed by atoms with Crippen molar-refractivity contribution < 1.29 is 0 Å². The zero-order chi connectivity index (χ0) is 14.8. The van der Waals surface area contributed by atoms with Crippen LogP contribution in [0.3, 0.4) is 0 Å². The lowest BCUT2D eigenvalue weighted by molar-refractivity contribution is 0.0897. The average Bonchev–Trinajstić information content (AvgIpc) is 2.43. The molecule has 0 spiro atoms. The van der Waals surface area contributed by atoms with E-state index in [1.165, 1.54) is 36.9 Å². The van der Waals surface area contributed by atoms with Gasteiger partial charge in [0.2, 0.25) is 0 Å². The van der Waals surface area contributed by atoms with Gasteiger partial charge in [0.1, 0.15) is 0 Å². The third-order valence-corrected chi connectivity index (χ3v) is 5.47. The maximum absolute atomic E-state index is 3.55. The number of nitrogens with one attached hydrogen (secondary N) is 1. The Morgan fingerprint density at radius 3 is 2.38 bits per heavy atom. The lowest BCUT2D eigenvalue weighted by Gasteiger charge is -2.42. The maximum atomic E-state index is 3.55. The summed E-state index contributed by atoms with van der Waals surface area (Å²) in [4.78, 5) is 4.94. The number of nitrogens with zero attached hydrogens (tertiary/aromatic N) is 2. The molecular weight excluding hydrogens is 258 g/mol. The van der Waals surface area contributed by atoms with Crippen LogP contribution >= 0.6 is 0 Å². The first-order chi connectivity index (χ1) is 10.2. The fourth-order valence-electron chi connectivity index (χ4n) is 3.70. The standard InChI is InChI=1S/C18H29N3/c1-19-18(17-13-20(2)11-12-21(17)3)16-9-7-15(8-10-16)14-5-4-6-14/h7-10,14,17-19H,4-6,11-13H2,1-3H3. The number of rotatable bonds is 4. The third-order valence-electron chi connectivity index (χ3n) is 5.47. The number of likely N-dealkylation sites (N-methyl/N-ethyl adjacent to an activating group) is 3. The first-order valence-corrected chi connectivity index (χ1v) is 8.35. The van der Waals surface area contributed by atoms with Crippen molar-refractivity contribution in [3.8, 4) is 0 Å². The highest BCUT2D eigenvalue weighted by Crippen LogP contribution is 2.36. The van der Waals surface area contributed by atoms with Gasteiger partial charge in [0, 0.05) is 31.7 Å². The van der Waals surface area contributed by atoms with Crippen LogP contribution in [0.25, 0.3) is 0 Å². The Bertz CT molecular complexity index is 452. The van der Waals surface area contributed by atoms with Gasteiger partial charge in [0.05, 0.1) is 0 Å². The summed E-state index contributed by atoms with van der Waals surface area (Å²) in [6, 6.07) is 10.4. The zero-order valence-corrected chi connectivity index (χ0v) is 13.7. The van der Waals surface area contributed by atoms with E-state index in [-0.39, 0.29) is 0 Å². The predicted octanol–water partition coefficient (Wildman–Crippen LogP) is 2.46. The van der Waals surface area contributed by atoms with Crippen molar-refractivity contribution in [1.29, 1.82) is 0 Å². The first-order valence-electron chi connectivity index (χ1n) is 8.35. The van der Waals surface area contributed by atoms with Crippen LogP contribution in [0.2, 0.25) is 0 Å². The molecule has 2 atom stereocenters. The summed E-state index contributed by atoms with van der Waals surface area (Å²) >= 11 is 0. The van der Waals surface area contributed by atoms with Gasteiger partial charge in [-0.1, -0.05) is 30.7 Å². The Morgan fingerprint density at radius 2 is 1.81 bits per heavy atom. The Morgan fingerprint density at radius 1 is 1.10 bits per heavy atom. The molecule has 3 rings (SSSR count). The molecule has 2 fully saturated rings. The van der Waals surface area contributed by atoms with Gasteiger partial charge in [-0.25, -0.2) is 0 Å². The number of piperazine rings is 1. The smallest absolute Gasteiger partial charge is 0.0488 e. The van der Waals surface area contributed by atoms with E-state index in [9.17, 15) is 0 Å². The first kappa shape index (κ1) is 15.0. The Balaban J connectivity index is 1.75. The molecule has 1 aromatic rings. The molecule has 0 aromatic heterocycles. The average molecular weight is 287 g/mol. The van der Waals surface area contributed by atoms with Gasteiger partial charge < -0.3 is 10.2 Å². The van der Waals surface area contributed by atoms with Gasteiger partial charge >= 0.3 is 0 Å². The second kappa shape index (κ2) is 6.47. The molecule has 1 aliphatic carbocycles. The lowest BCUT2D eigenvalue weighted by atomic mass is 9.79. The van der Waals surface area contributed by atoms with Crippen LogP contribution < -0.4 is 5.32 Å². The van der Waals surface area contributed by atoms with E-state index in [0.717, 1.165) is 19.0 Å². The highest BCUT2D eigenvalue weighted by atomic mass is 15.3. The Hall–Kier alpha value is -0.900. The van der Waals surface area contributed by atoms with Crippen molar-refractivity contribution in [2.24, 2.45) is 0 Å². The van der Waals surface area contributed by atoms with E-state index < -0.39 is 0 Å². The van der Waals surface area contributed by atoms with Gasteiger partial charge in [-0.05, 0) is 51.0 Å². The summed E-state index contributed by atoms with van der Waals surface area (Å²) in [6.07, 6.45) is 4.17. The van der Waals surface area contributed by atoms with Gasteiger partial charge in [0.15, 0.2) is 0 Å². The number of hydrogen-bond acceptors (Lipinski definition) is 3. The van der Waals surface area contributed by atoms with Crippen molar-refractivity contribution in [2.45, 2.75) is 37.3 Å². The molecule has 0 bridgehead atoms. The summed E-state index contributed by atoms with van der Waals surface area (Å²) in [6.45, 7) is 3.45. The molecule has 1 saturated carbocycles. The van der Waals surface area contributed by atoms with Crippen molar-refractivity contribution >= 4 is 0 Å². The lowest BCUT2D eigenvalue weighted by Crippen LogP contribution is -2.54. The van der Waals surface area contributed by atoms with Gasteiger partial charge in [0.25, 0.3) is 0 Å². The maximum Gasteiger partial charge on any atom is 0.0488 e. The van der Waals surface area contributed by atoms with E-state index in [1.807, 2.05) is 0 Å². The molecule has 1 aliphatic heterocycles. The van der Waals surface area contributed by atoms with Crippen molar-refractivity contribution in [3.05, 3.63) is 35.4 Å². The van der Waals surface area contributed by atoms with E-state index >= 15 is 0 Å². The Kier molecular flexibility index (Phi) is 4.63. The van der Waals surface area contributed by atoms with E-state index in [1.54, 1.807) is 0 Å². The van der Waals surface area contributed by atoms with Gasteiger partial charge in [-0.15, -0.1) is 0 Å². The molecule has 21 heavy (non-hydrogen) atoms. The Labute approximate surface area is 129 Å². The minimum Gasteiger partial charge on any atom is -0.312 e. The van der Waals surface area contributed by atoms with Crippen molar-refractivity contribution in [2.75, 3.05) is 40.8 Å². The molecule has 2 unspecified atom stereocenters. The second-order valence-corrected chi connectivity index (χ2v) is 6.87. The molecule has 1 heterocycles. The zero-order valence-electron chi connectivity index (χ0n) is 13.7. The molecule has 116 valence electrons. The van der Waals surface area contributed by atoms with Gasteiger partial charge in [-0.3, -0.25) is 4.90 Å². The van der Waals surface area contributed by atoms with Crippen LogP contribution in [0.4, 0.5) is 0 Å². The van der Waals surface area contributed by atoms with Crippen molar-refractivity contribution in [3.63, 3.8) is 0 Å². The topological polar surface area (TPSA) is 18.5 Å². The summed E-state index contributed by atoms with van der Waals surface area (Å²) in [7, 11) is 6.57. The summed E-state index contributed by atoms with van der Waals surface area (Å²) < 4.78 is 0. The molecule has 3 nitrogen and oxygen atoms in total. The minimum atomic E-state index is 0.410. The highest BCUT2D eigenvalue weighted by Gasteiger charge is 2.30. The number of hydrogen-bond donors (Lipinski definition) is 1. The fraction of sp³-hybridized carbons (Fsp3) is 0.667. The highest BCUT2D eigenvalue weighted by molar-refractivity contribution is 5.29. The van der Waals surface area contributed by atoms with Crippen LogP contribution in [-0.2, 0) is 0 Å². The molecule has 2 aliphatic rings. The van der Waals surface area contributed by atoms with Crippen LogP contribution in [0, 0.1) is 0 Å². The van der Waals surface area contributed by atoms with Crippen molar-refractivity contribution in [1.82, 2.24) is 15.1 Å². The second-order valence-electron chi connectivity index (χ2n) is 6.87. The largest absolute Gasteiger partial charge is 0.312 e. The normalized spacial score (nSPS) is 26.5. The van der Waals surface area contributed by atoms with Crippen LogP contribution in [-0.4, -0.2) is 56.6 Å². The molecule has 0 radical (unpaired) electrons. The SMILES string of the molecule is CNC(c1ccc(C2CCC2)cc1)C1CN(C)CCN1C. The van der Waals surface area contributed by atoms with Crippen LogP contribution in [0.1, 0.15) is 42.3 Å². The third kappa shape index (κ3) is 3.15. The molecule has 1 saturated heterocycles. The monoisotopic (exact) mass is 287 g/mol. The van der Waals surface area contributed by atoms with Crippen LogP contribution in [0.15, 0.2) is 24.3 Å². The summed E-state index contributed by atoms with van der Waals surface area (Å²) in [5.74, 6) is 0.829. The van der Waals surface area contributed by atoms with E-state index in [2.05, 4.69) is 60.5 Å². The molecule has 1 N–H and O–H groups in total.